The minimum atomic E-state index is 0.285. The third-order valence-corrected chi connectivity index (χ3v) is 2.52. The van der Waals surface area contributed by atoms with E-state index in [4.69, 9.17) is 15.9 Å². The molecule has 0 atom stereocenters. The van der Waals surface area contributed by atoms with E-state index in [0.717, 1.165) is 19.0 Å². The Morgan fingerprint density at radius 1 is 1.70 bits per heavy atom. The number of rotatable bonds is 4. The molecular weight excluding hydrogens is 148 g/mol. The van der Waals surface area contributed by atoms with Crippen molar-refractivity contribution in [2.24, 2.45) is 5.73 Å². The van der Waals surface area contributed by atoms with E-state index in [0.29, 0.717) is 11.7 Å². The third kappa shape index (κ3) is 2.58. The normalized spacial score (nSPS) is 18.4. The molecule has 0 radical (unpaired) electrons. The van der Waals surface area contributed by atoms with Crippen molar-refractivity contribution in [1.82, 2.24) is 0 Å². The van der Waals surface area contributed by atoms with E-state index >= 15 is 0 Å². The van der Waals surface area contributed by atoms with Gasteiger partial charge in [0, 0.05) is 12.2 Å². The smallest absolute Gasteiger partial charge is 0.0913 e. The Bertz CT molecular complexity index is 125. The minimum Gasteiger partial charge on any atom is -0.388 e. The maximum Gasteiger partial charge on any atom is 0.0913 e. The molecule has 0 aromatic rings. The number of hydrogen-bond donors (Lipinski definition) is 2. The number of thioether (sulfide) groups is 1. The maximum absolute atomic E-state index is 6.95. The summed E-state index contributed by atoms with van der Waals surface area (Å²) in [5.74, 6) is 1.25. The summed E-state index contributed by atoms with van der Waals surface area (Å²) in [6.45, 7) is 1.76. The molecule has 0 unspecified atom stereocenters. The Labute approximate surface area is 64.8 Å². The van der Waals surface area contributed by atoms with Crippen LogP contribution < -0.4 is 5.73 Å². The van der Waals surface area contributed by atoms with Crippen LogP contribution in [0.5, 0.6) is 0 Å². The summed E-state index contributed by atoms with van der Waals surface area (Å²) in [5, 5.41) is 7.61. The number of hydrogen-bond acceptors (Lipinski definition) is 3. The van der Waals surface area contributed by atoms with Gasteiger partial charge in [0.1, 0.15) is 0 Å². The SMILES string of the molecule is N=C(N)CCSC1COC1. The molecule has 0 spiro atoms. The molecule has 1 saturated heterocycles. The first-order valence-corrected chi connectivity index (χ1v) is 4.36. The Morgan fingerprint density at radius 2 is 2.40 bits per heavy atom. The summed E-state index contributed by atoms with van der Waals surface area (Å²) < 4.78 is 4.99. The predicted octanol–water partition coefficient (Wildman–Crippen LogP) is 0.444. The van der Waals surface area contributed by atoms with Crippen molar-refractivity contribution in [1.29, 1.82) is 5.41 Å². The highest BCUT2D eigenvalue weighted by Crippen LogP contribution is 2.19. The number of ether oxygens (including phenoxy) is 1. The number of amidine groups is 1. The molecule has 3 N–H and O–H groups in total. The van der Waals surface area contributed by atoms with Gasteiger partial charge >= 0.3 is 0 Å². The van der Waals surface area contributed by atoms with Crippen LogP contribution in [-0.2, 0) is 4.74 Å². The lowest BCUT2D eigenvalue weighted by molar-refractivity contribution is 0.0455. The zero-order valence-corrected chi connectivity index (χ0v) is 6.62. The van der Waals surface area contributed by atoms with E-state index in [2.05, 4.69) is 0 Å². The van der Waals surface area contributed by atoms with Crippen LogP contribution >= 0.6 is 11.8 Å². The first-order chi connectivity index (χ1) is 4.79. The number of nitrogens with two attached hydrogens (primary N) is 1. The van der Waals surface area contributed by atoms with Gasteiger partial charge in [0.2, 0.25) is 0 Å². The summed E-state index contributed by atoms with van der Waals surface area (Å²) in [4.78, 5) is 0. The zero-order chi connectivity index (χ0) is 7.40. The lowest BCUT2D eigenvalue weighted by Crippen LogP contribution is -2.30. The van der Waals surface area contributed by atoms with Crippen LogP contribution in [0.2, 0.25) is 0 Å². The Hall–Kier alpha value is -0.220. The summed E-state index contributed by atoms with van der Waals surface area (Å²) in [6.07, 6.45) is 0.709. The second kappa shape index (κ2) is 3.83. The quantitative estimate of drug-likeness (QED) is 0.463. The summed E-state index contributed by atoms with van der Waals surface area (Å²) in [5.41, 5.74) is 5.18. The lowest BCUT2D eigenvalue weighted by atomic mass is 10.4. The average molecular weight is 160 g/mol. The van der Waals surface area contributed by atoms with Crippen molar-refractivity contribution in [3.8, 4) is 0 Å². The third-order valence-electron chi connectivity index (χ3n) is 1.33. The maximum atomic E-state index is 6.95. The molecule has 1 rings (SSSR count). The molecule has 1 heterocycles. The first-order valence-electron chi connectivity index (χ1n) is 3.31. The van der Waals surface area contributed by atoms with E-state index in [-0.39, 0.29) is 5.84 Å². The molecule has 0 aliphatic carbocycles. The summed E-state index contributed by atoms with van der Waals surface area (Å²) in [6, 6.07) is 0. The molecular formula is C6H12N2OS. The molecule has 0 amide bonds. The van der Waals surface area contributed by atoms with Crippen molar-refractivity contribution in [3.63, 3.8) is 0 Å². The second-order valence-corrected chi connectivity index (χ2v) is 3.71. The van der Waals surface area contributed by atoms with Crippen LogP contribution in [0.3, 0.4) is 0 Å². The highest BCUT2D eigenvalue weighted by molar-refractivity contribution is 8.00. The van der Waals surface area contributed by atoms with Crippen LogP contribution in [0.1, 0.15) is 6.42 Å². The highest BCUT2D eigenvalue weighted by Gasteiger charge is 2.17. The monoisotopic (exact) mass is 160 g/mol. The summed E-state index contributed by atoms with van der Waals surface area (Å²) >= 11 is 1.85. The van der Waals surface area contributed by atoms with Crippen LogP contribution in [-0.4, -0.2) is 30.1 Å². The van der Waals surface area contributed by atoms with Crippen molar-refractivity contribution in [3.05, 3.63) is 0 Å². The molecule has 3 nitrogen and oxygen atoms in total. The van der Waals surface area contributed by atoms with Gasteiger partial charge in [-0.25, -0.2) is 0 Å². The van der Waals surface area contributed by atoms with Crippen molar-refractivity contribution < 1.29 is 4.74 Å². The molecule has 58 valence electrons. The fraction of sp³-hybridized carbons (Fsp3) is 0.833. The standard InChI is InChI=1S/C6H12N2OS/c7-6(8)1-2-10-5-3-9-4-5/h5H,1-4H2,(H3,7,8). The minimum absolute atomic E-state index is 0.285. The van der Waals surface area contributed by atoms with Crippen LogP contribution in [0.25, 0.3) is 0 Å². The lowest BCUT2D eigenvalue weighted by Gasteiger charge is -2.24. The average Bonchev–Trinajstić information content (AvgIpc) is 1.75. The van der Waals surface area contributed by atoms with Gasteiger partial charge in [-0.1, -0.05) is 0 Å². The van der Waals surface area contributed by atoms with Gasteiger partial charge in [-0.05, 0) is 0 Å². The molecule has 1 fully saturated rings. The van der Waals surface area contributed by atoms with Crippen molar-refractivity contribution >= 4 is 17.6 Å². The van der Waals surface area contributed by atoms with Crippen LogP contribution in [0.15, 0.2) is 0 Å². The Kier molecular flexibility index (Phi) is 3.02. The van der Waals surface area contributed by atoms with E-state index < -0.39 is 0 Å². The zero-order valence-electron chi connectivity index (χ0n) is 5.80. The van der Waals surface area contributed by atoms with E-state index in [1.807, 2.05) is 11.8 Å². The molecule has 10 heavy (non-hydrogen) atoms. The van der Waals surface area contributed by atoms with E-state index in [9.17, 15) is 0 Å². The topological polar surface area (TPSA) is 59.1 Å². The molecule has 1 aliphatic heterocycles. The molecule has 0 bridgehead atoms. The van der Waals surface area contributed by atoms with Gasteiger partial charge in [0.05, 0.1) is 24.3 Å². The van der Waals surface area contributed by atoms with Gasteiger partial charge in [-0.15, -0.1) is 0 Å². The molecule has 0 saturated carbocycles. The number of nitrogens with one attached hydrogen (secondary N) is 1. The fourth-order valence-corrected chi connectivity index (χ4v) is 1.70. The molecule has 1 aliphatic rings. The van der Waals surface area contributed by atoms with Crippen molar-refractivity contribution in [2.75, 3.05) is 19.0 Å². The van der Waals surface area contributed by atoms with Crippen LogP contribution in [0, 0.1) is 5.41 Å². The highest BCUT2D eigenvalue weighted by atomic mass is 32.2. The fourth-order valence-electron chi connectivity index (χ4n) is 0.646. The Balaban J connectivity index is 1.89. The van der Waals surface area contributed by atoms with Crippen LogP contribution in [0.4, 0.5) is 0 Å². The molecule has 0 aromatic heterocycles. The van der Waals surface area contributed by atoms with E-state index in [1.165, 1.54) is 0 Å². The van der Waals surface area contributed by atoms with Gasteiger partial charge < -0.3 is 10.5 Å². The van der Waals surface area contributed by atoms with Gasteiger partial charge in [0.15, 0.2) is 0 Å². The van der Waals surface area contributed by atoms with Gasteiger partial charge in [-0.3, -0.25) is 5.41 Å². The van der Waals surface area contributed by atoms with Gasteiger partial charge in [-0.2, -0.15) is 11.8 Å². The first kappa shape index (κ1) is 7.88. The van der Waals surface area contributed by atoms with Crippen molar-refractivity contribution in [2.45, 2.75) is 11.7 Å². The van der Waals surface area contributed by atoms with Gasteiger partial charge in [0.25, 0.3) is 0 Å². The predicted molar refractivity (Wildman–Crippen MR) is 43.6 cm³/mol. The largest absolute Gasteiger partial charge is 0.388 e. The molecule has 4 heteroatoms. The summed E-state index contributed by atoms with van der Waals surface area (Å²) in [7, 11) is 0. The Morgan fingerprint density at radius 3 is 2.80 bits per heavy atom. The second-order valence-electron chi connectivity index (χ2n) is 2.31. The molecule has 0 aromatic carbocycles. The van der Waals surface area contributed by atoms with E-state index in [1.54, 1.807) is 0 Å².